The molecule has 0 saturated heterocycles. The van der Waals surface area contributed by atoms with E-state index in [0.717, 1.165) is 0 Å². The Hall–Kier alpha value is -2.54. The lowest BCUT2D eigenvalue weighted by molar-refractivity contribution is -0.134. The SMILES string of the molecule is CN1CC2=C(C(=O)O)N(CCO)CN2c2ccccc2C1=O. The number of amides is 1. The van der Waals surface area contributed by atoms with Gasteiger partial charge in [0.2, 0.25) is 0 Å². The predicted molar refractivity (Wildman–Crippen MR) is 79.2 cm³/mol. The molecule has 2 N–H and O–H groups in total. The zero-order valence-corrected chi connectivity index (χ0v) is 12.2. The van der Waals surface area contributed by atoms with E-state index in [1.165, 1.54) is 4.90 Å². The van der Waals surface area contributed by atoms with Crippen LogP contribution in [0, 0.1) is 0 Å². The van der Waals surface area contributed by atoms with Crippen LogP contribution in [0.15, 0.2) is 35.7 Å². The molecule has 0 spiro atoms. The Morgan fingerprint density at radius 1 is 1.32 bits per heavy atom. The van der Waals surface area contributed by atoms with Crippen LogP contribution in [-0.2, 0) is 4.79 Å². The van der Waals surface area contributed by atoms with Gasteiger partial charge >= 0.3 is 5.97 Å². The summed E-state index contributed by atoms with van der Waals surface area (Å²) < 4.78 is 0. The molecule has 0 fully saturated rings. The number of para-hydroxylation sites is 1. The number of carboxylic acid groups (broad SMARTS) is 1. The monoisotopic (exact) mass is 303 g/mol. The minimum absolute atomic E-state index is 0.129. The van der Waals surface area contributed by atoms with E-state index in [4.69, 9.17) is 5.11 Å². The van der Waals surface area contributed by atoms with Crippen molar-refractivity contribution in [1.82, 2.24) is 9.80 Å². The van der Waals surface area contributed by atoms with Crippen molar-refractivity contribution in [1.29, 1.82) is 0 Å². The molecule has 0 aromatic heterocycles. The van der Waals surface area contributed by atoms with E-state index in [0.29, 0.717) is 23.6 Å². The van der Waals surface area contributed by atoms with Gasteiger partial charge in [-0.2, -0.15) is 0 Å². The highest BCUT2D eigenvalue weighted by Crippen LogP contribution is 2.35. The van der Waals surface area contributed by atoms with Crippen molar-refractivity contribution < 1.29 is 19.8 Å². The minimum Gasteiger partial charge on any atom is -0.477 e. The van der Waals surface area contributed by atoms with Crippen molar-refractivity contribution >= 4 is 17.6 Å². The van der Waals surface area contributed by atoms with Crippen LogP contribution < -0.4 is 4.90 Å². The van der Waals surface area contributed by atoms with Gasteiger partial charge in [0.15, 0.2) is 0 Å². The Labute approximate surface area is 127 Å². The number of aliphatic carboxylic acids is 1. The second kappa shape index (κ2) is 5.34. The van der Waals surface area contributed by atoms with Crippen LogP contribution in [0.5, 0.6) is 0 Å². The molecule has 0 bridgehead atoms. The van der Waals surface area contributed by atoms with Gasteiger partial charge in [0.1, 0.15) is 5.70 Å². The summed E-state index contributed by atoms with van der Waals surface area (Å²) in [5.74, 6) is -1.18. The third kappa shape index (κ3) is 2.10. The number of β-amino-alcohol motifs (C(OH)–C–C–N with tert-alkyl or cyclic N) is 1. The molecule has 2 aliphatic rings. The van der Waals surface area contributed by atoms with Crippen LogP contribution in [-0.4, -0.2) is 65.3 Å². The van der Waals surface area contributed by atoms with Crippen LogP contribution in [0.3, 0.4) is 0 Å². The first-order chi connectivity index (χ1) is 10.5. The van der Waals surface area contributed by atoms with E-state index in [9.17, 15) is 14.7 Å². The molecule has 2 heterocycles. The molecule has 7 nitrogen and oxygen atoms in total. The number of fused-ring (bicyclic) bond motifs is 3. The lowest BCUT2D eigenvalue weighted by Gasteiger charge is -2.23. The number of carboxylic acids is 1. The third-order valence-electron chi connectivity index (χ3n) is 3.96. The summed E-state index contributed by atoms with van der Waals surface area (Å²) in [7, 11) is 1.66. The molecule has 2 aliphatic heterocycles. The molecule has 116 valence electrons. The number of benzene rings is 1. The highest BCUT2D eigenvalue weighted by molar-refractivity contribution is 6.02. The van der Waals surface area contributed by atoms with Crippen molar-refractivity contribution in [3.05, 3.63) is 41.2 Å². The Balaban J connectivity index is 2.16. The first-order valence-corrected chi connectivity index (χ1v) is 6.99. The van der Waals surface area contributed by atoms with Gasteiger partial charge in [-0.25, -0.2) is 4.79 Å². The Morgan fingerprint density at radius 2 is 2.05 bits per heavy atom. The van der Waals surface area contributed by atoms with Crippen molar-refractivity contribution in [3.8, 4) is 0 Å². The topological polar surface area (TPSA) is 84.3 Å². The molecule has 0 unspecified atom stereocenters. The van der Waals surface area contributed by atoms with Crippen LogP contribution in [0.25, 0.3) is 0 Å². The number of nitrogens with zero attached hydrogens (tertiary/aromatic N) is 3. The molecular weight excluding hydrogens is 286 g/mol. The lowest BCUT2D eigenvalue weighted by Crippen LogP contribution is -2.31. The average Bonchev–Trinajstić information content (AvgIpc) is 2.80. The summed E-state index contributed by atoms with van der Waals surface area (Å²) in [6.07, 6.45) is 0. The highest BCUT2D eigenvalue weighted by atomic mass is 16.4. The summed E-state index contributed by atoms with van der Waals surface area (Å²) in [6, 6.07) is 7.17. The number of hydrogen-bond acceptors (Lipinski definition) is 5. The molecule has 0 aliphatic carbocycles. The molecule has 1 aromatic rings. The number of rotatable bonds is 3. The molecule has 0 saturated carbocycles. The van der Waals surface area contributed by atoms with Gasteiger partial charge in [-0.1, -0.05) is 12.1 Å². The van der Waals surface area contributed by atoms with Crippen molar-refractivity contribution in [2.45, 2.75) is 0 Å². The van der Waals surface area contributed by atoms with Crippen LogP contribution >= 0.6 is 0 Å². The number of likely N-dealkylation sites (N-methyl/N-ethyl adjacent to an activating group) is 1. The van der Waals surface area contributed by atoms with E-state index in [1.54, 1.807) is 24.1 Å². The highest BCUT2D eigenvalue weighted by Gasteiger charge is 2.38. The maximum Gasteiger partial charge on any atom is 0.354 e. The van der Waals surface area contributed by atoms with Gasteiger partial charge in [-0.15, -0.1) is 0 Å². The van der Waals surface area contributed by atoms with E-state index < -0.39 is 5.97 Å². The van der Waals surface area contributed by atoms with Gasteiger partial charge < -0.3 is 24.9 Å². The predicted octanol–water partition coefficient (Wildman–Crippen LogP) is 0.140. The molecule has 1 amide bonds. The second-order valence-corrected chi connectivity index (χ2v) is 5.34. The van der Waals surface area contributed by atoms with Crippen molar-refractivity contribution in [3.63, 3.8) is 0 Å². The average molecular weight is 303 g/mol. The lowest BCUT2D eigenvalue weighted by atomic mass is 10.1. The third-order valence-corrected chi connectivity index (χ3v) is 3.96. The number of anilines is 1. The zero-order valence-electron chi connectivity index (χ0n) is 12.2. The molecular formula is C15H17N3O4. The fraction of sp³-hybridized carbons (Fsp3) is 0.333. The van der Waals surface area contributed by atoms with Crippen molar-refractivity contribution in [2.75, 3.05) is 38.3 Å². The van der Waals surface area contributed by atoms with Crippen molar-refractivity contribution in [2.24, 2.45) is 0 Å². The quantitative estimate of drug-likeness (QED) is 0.826. The number of aliphatic hydroxyl groups excluding tert-OH is 1. The Bertz CT molecular complexity index is 671. The van der Waals surface area contributed by atoms with E-state index in [-0.39, 0.29) is 31.3 Å². The van der Waals surface area contributed by atoms with Gasteiger partial charge in [-0.3, -0.25) is 4.79 Å². The number of carbonyl (C=O) groups is 2. The summed E-state index contributed by atoms with van der Waals surface area (Å²) >= 11 is 0. The summed E-state index contributed by atoms with van der Waals surface area (Å²) in [4.78, 5) is 29.0. The fourth-order valence-corrected chi connectivity index (χ4v) is 2.97. The van der Waals surface area contributed by atoms with Gasteiger partial charge in [0, 0.05) is 13.6 Å². The molecule has 3 rings (SSSR count). The Kier molecular flexibility index (Phi) is 3.50. The van der Waals surface area contributed by atoms with Gasteiger partial charge in [0.25, 0.3) is 5.91 Å². The first-order valence-electron chi connectivity index (χ1n) is 6.99. The van der Waals surface area contributed by atoms with E-state index in [2.05, 4.69) is 0 Å². The van der Waals surface area contributed by atoms with Crippen LogP contribution in [0.4, 0.5) is 5.69 Å². The molecule has 0 atom stereocenters. The van der Waals surface area contributed by atoms with Crippen LogP contribution in [0.1, 0.15) is 10.4 Å². The zero-order chi connectivity index (χ0) is 15.9. The fourth-order valence-electron chi connectivity index (χ4n) is 2.97. The first kappa shape index (κ1) is 14.4. The number of aliphatic hydroxyl groups is 1. The molecule has 7 heteroatoms. The normalized spacial score (nSPS) is 17.5. The van der Waals surface area contributed by atoms with E-state index in [1.807, 2.05) is 17.0 Å². The maximum absolute atomic E-state index is 12.4. The summed E-state index contributed by atoms with van der Waals surface area (Å²) in [5.41, 5.74) is 1.97. The molecule has 1 aromatic carbocycles. The van der Waals surface area contributed by atoms with Gasteiger partial charge in [0.05, 0.1) is 36.8 Å². The maximum atomic E-state index is 12.4. The van der Waals surface area contributed by atoms with Gasteiger partial charge in [-0.05, 0) is 12.1 Å². The summed E-state index contributed by atoms with van der Waals surface area (Å²) in [6.45, 7) is 0.641. The number of carbonyl (C=O) groups excluding carboxylic acids is 1. The summed E-state index contributed by atoms with van der Waals surface area (Å²) in [5, 5.41) is 18.7. The smallest absolute Gasteiger partial charge is 0.354 e. The molecule has 22 heavy (non-hydrogen) atoms. The molecule has 0 radical (unpaired) electrons. The number of hydrogen-bond donors (Lipinski definition) is 2. The second-order valence-electron chi connectivity index (χ2n) is 5.34. The minimum atomic E-state index is -1.05. The van der Waals surface area contributed by atoms with E-state index >= 15 is 0 Å². The van der Waals surface area contributed by atoms with Crippen LogP contribution in [0.2, 0.25) is 0 Å². The Morgan fingerprint density at radius 3 is 2.73 bits per heavy atom. The largest absolute Gasteiger partial charge is 0.477 e. The standard InChI is InChI=1S/C15H17N3O4/c1-16-8-12-13(15(21)22)17(6-7-19)9-18(12)11-5-3-2-4-10(11)14(16)20/h2-5,19H,6-9H2,1H3,(H,21,22).